The van der Waals surface area contributed by atoms with Crippen LogP contribution in [0.5, 0.6) is 0 Å². The van der Waals surface area contributed by atoms with Gasteiger partial charge < -0.3 is 14.0 Å². The van der Waals surface area contributed by atoms with Crippen LogP contribution in [0.2, 0.25) is 36.3 Å². The van der Waals surface area contributed by atoms with Gasteiger partial charge in [-0.25, -0.2) is 0 Å². The summed E-state index contributed by atoms with van der Waals surface area (Å²) in [5.74, 6) is 2.58. The zero-order valence-electron chi connectivity index (χ0n) is 27.3. The number of aliphatic hydroxyl groups excluding tert-OH is 1. The summed E-state index contributed by atoms with van der Waals surface area (Å²) in [5, 5.41) is 11.1. The molecular weight excluding hydrogens is 501 g/mol. The van der Waals surface area contributed by atoms with E-state index in [-0.39, 0.29) is 39.2 Å². The molecular formula is C33H62O3Si2. The Balaban J connectivity index is 1.71. The lowest BCUT2D eigenvalue weighted by atomic mass is 9.46. The first-order valence-corrected chi connectivity index (χ1v) is 21.7. The smallest absolute Gasteiger partial charge is 0.192 e. The highest BCUT2D eigenvalue weighted by molar-refractivity contribution is 6.74. The van der Waals surface area contributed by atoms with Crippen molar-refractivity contribution in [3.8, 4) is 0 Å². The van der Waals surface area contributed by atoms with E-state index in [1.54, 1.807) is 5.57 Å². The van der Waals surface area contributed by atoms with Gasteiger partial charge in [0.25, 0.3) is 0 Å². The lowest BCUT2D eigenvalue weighted by molar-refractivity contribution is -0.106. The van der Waals surface area contributed by atoms with Crippen molar-refractivity contribution in [1.82, 2.24) is 0 Å². The van der Waals surface area contributed by atoms with Crippen LogP contribution in [0.25, 0.3) is 0 Å². The molecule has 38 heavy (non-hydrogen) atoms. The standard InChI is InChI=1S/C33H62O3Si2/c1-22(34)26-16-17-27-25-15-14-23-20-24(35-37(10,11)30(2,3)4)21-29(36-38(12,13)31(5,6)7)33(23,9)28(25)18-19-32(26,27)8/h14,22,24-29,34H,15-21H2,1-13H3/t22-,24+,25-,26+,27-,28-,29-,32+,33-/m0/s1. The summed E-state index contributed by atoms with van der Waals surface area (Å²) in [6.45, 7) is 31.1. The molecule has 0 heterocycles. The second-order valence-corrected chi connectivity index (χ2v) is 26.9. The predicted octanol–water partition coefficient (Wildman–Crippen LogP) is 9.34. The van der Waals surface area contributed by atoms with Gasteiger partial charge in [0.15, 0.2) is 16.6 Å². The molecule has 4 aliphatic rings. The maximum absolute atomic E-state index is 10.7. The quantitative estimate of drug-likeness (QED) is 0.268. The van der Waals surface area contributed by atoms with Crippen molar-refractivity contribution in [2.24, 2.45) is 34.5 Å². The lowest BCUT2D eigenvalue weighted by Gasteiger charge is -2.61. The van der Waals surface area contributed by atoms with Gasteiger partial charge in [-0.1, -0.05) is 67.0 Å². The Labute approximate surface area is 238 Å². The summed E-state index contributed by atoms with van der Waals surface area (Å²) in [6, 6.07) is 0. The molecule has 0 amide bonds. The van der Waals surface area contributed by atoms with Crippen LogP contribution in [0.15, 0.2) is 11.6 Å². The van der Waals surface area contributed by atoms with Gasteiger partial charge in [-0.3, -0.25) is 0 Å². The van der Waals surface area contributed by atoms with Crippen LogP contribution in [0.1, 0.15) is 107 Å². The average Bonchev–Trinajstić information content (AvgIpc) is 3.10. The summed E-state index contributed by atoms with van der Waals surface area (Å²) in [4.78, 5) is 0. The number of aliphatic hydroxyl groups is 1. The minimum atomic E-state index is -1.97. The number of allylic oxidation sites excluding steroid dienone is 1. The van der Waals surface area contributed by atoms with E-state index in [0.717, 1.165) is 24.7 Å². The molecule has 0 aromatic heterocycles. The molecule has 9 atom stereocenters. The molecule has 1 N–H and O–H groups in total. The van der Waals surface area contributed by atoms with E-state index in [9.17, 15) is 5.11 Å². The average molecular weight is 563 g/mol. The van der Waals surface area contributed by atoms with Crippen LogP contribution in [0.3, 0.4) is 0 Å². The first-order valence-electron chi connectivity index (χ1n) is 15.9. The Kier molecular flexibility index (Phi) is 8.01. The van der Waals surface area contributed by atoms with E-state index in [1.165, 1.54) is 32.1 Å². The second-order valence-electron chi connectivity index (χ2n) is 17.4. The molecule has 0 spiro atoms. The number of hydrogen-bond donors (Lipinski definition) is 1. The molecule has 4 aliphatic carbocycles. The molecule has 4 rings (SSSR count). The normalized spacial score (nSPS) is 41.2. The van der Waals surface area contributed by atoms with Crippen LogP contribution < -0.4 is 0 Å². The second kappa shape index (κ2) is 9.81. The third-order valence-electron chi connectivity index (χ3n) is 13.3. The third-order valence-corrected chi connectivity index (χ3v) is 22.3. The Morgan fingerprint density at radius 1 is 0.895 bits per heavy atom. The fourth-order valence-corrected chi connectivity index (χ4v) is 11.6. The van der Waals surface area contributed by atoms with Gasteiger partial charge in [0.2, 0.25) is 0 Å². The zero-order chi connectivity index (χ0) is 28.7. The zero-order valence-corrected chi connectivity index (χ0v) is 29.3. The minimum Gasteiger partial charge on any atom is -0.414 e. The van der Waals surface area contributed by atoms with Crippen LogP contribution in [0, 0.1) is 34.5 Å². The van der Waals surface area contributed by atoms with Crippen LogP contribution in [0.4, 0.5) is 0 Å². The molecule has 0 aromatic rings. The molecule has 3 nitrogen and oxygen atoms in total. The van der Waals surface area contributed by atoms with Gasteiger partial charge in [0, 0.05) is 5.41 Å². The maximum Gasteiger partial charge on any atom is 0.192 e. The highest BCUT2D eigenvalue weighted by atomic mass is 28.4. The van der Waals surface area contributed by atoms with Gasteiger partial charge >= 0.3 is 0 Å². The van der Waals surface area contributed by atoms with Crippen molar-refractivity contribution < 1.29 is 14.0 Å². The van der Waals surface area contributed by atoms with Gasteiger partial charge in [-0.15, -0.1) is 0 Å². The first-order chi connectivity index (χ1) is 17.1. The Bertz CT molecular complexity index is 910. The van der Waals surface area contributed by atoms with E-state index >= 15 is 0 Å². The summed E-state index contributed by atoms with van der Waals surface area (Å²) >= 11 is 0. The fraction of sp³-hybridized carbons (Fsp3) is 0.939. The molecule has 3 fully saturated rings. The summed E-state index contributed by atoms with van der Waals surface area (Å²) in [6.07, 6.45) is 11.3. The fourth-order valence-electron chi connectivity index (χ4n) is 8.88. The number of fused-ring (bicyclic) bond motifs is 5. The molecule has 0 aliphatic heterocycles. The molecule has 220 valence electrons. The summed E-state index contributed by atoms with van der Waals surface area (Å²) < 4.78 is 14.6. The predicted molar refractivity (Wildman–Crippen MR) is 166 cm³/mol. The van der Waals surface area contributed by atoms with Crippen molar-refractivity contribution in [1.29, 1.82) is 0 Å². The Morgan fingerprint density at radius 3 is 2.03 bits per heavy atom. The monoisotopic (exact) mass is 562 g/mol. The van der Waals surface area contributed by atoms with E-state index in [1.807, 2.05) is 6.92 Å². The molecule has 0 saturated heterocycles. The maximum atomic E-state index is 10.7. The Hall–Kier alpha value is 0.0538. The van der Waals surface area contributed by atoms with Crippen molar-refractivity contribution in [3.05, 3.63) is 11.6 Å². The number of rotatable bonds is 5. The highest BCUT2D eigenvalue weighted by Crippen LogP contribution is 2.67. The highest BCUT2D eigenvalue weighted by Gasteiger charge is 2.62. The summed E-state index contributed by atoms with van der Waals surface area (Å²) in [7, 11) is -3.84. The van der Waals surface area contributed by atoms with E-state index < -0.39 is 16.6 Å². The van der Waals surface area contributed by atoms with Crippen molar-refractivity contribution in [2.75, 3.05) is 0 Å². The van der Waals surface area contributed by atoms with Gasteiger partial charge in [0.05, 0.1) is 18.3 Å². The van der Waals surface area contributed by atoms with Crippen LogP contribution in [-0.4, -0.2) is 40.1 Å². The first kappa shape index (κ1) is 31.0. The van der Waals surface area contributed by atoms with Gasteiger partial charge in [-0.05, 0) is 117 Å². The topological polar surface area (TPSA) is 38.7 Å². The van der Waals surface area contributed by atoms with E-state index in [4.69, 9.17) is 8.85 Å². The van der Waals surface area contributed by atoms with Crippen molar-refractivity contribution in [3.63, 3.8) is 0 Å². The van der Waals surface area contributed by atoms with Crippen molar-refractivity contribution >= 4 is 16.6 Å². The van der Waals surface area contributed by atoms with Crippen molar-refractivity contribution in [2.45, 2.75) is 162 Å². The van der Waals surface area contributed by atoms with E-state index in [2.05, 4.69) is 87.7 Å². The third kappa shape index (κ3) is 5.01. The van der Waals surface area contributed by atoms with Gasteiger partial charge in [-0.2, -0.15) is 0 Å². The summed E-state index contributed by atoms with van der Waals surface area (Å²) in [5.41, 5.74) is 2.02. The molecule has 5 heteroatoms. The number of hydrogen-bond acceptors (Lipinski definition) is 3. The molecule has 0 unspecified atom stereocenters. The van der Waals surface area contributed by atoms with Crippen LogP contribution in [-0.2, 0) is 8.85 Å². The van der Waals surface area contributed by atoms with Crippen LogP contribution >= 0.6 is 0 Å². The van der Waals surface area contributed by atoms with Gasteiger partial charge in [0.1, 0.15) is 0 Å². The molecule has 0 radical (unpaired) electrons. The van der Waals surface area contributed by atoms with E-state index in [0.29, 0.717) is 11.8 Å². The SMILES string of the molecule is C[C@H](O)[C@H]1CC[C@H]2[C@@H]3CC=C4C[C@@H](O[Si](C)(C)C(C)(C)C)C[C@H](O[Si](C)(C)C(C)(C)C)[C@]4(C)[C@H]3CC[C@]12C. The Morgan fingerprint density at radius 2 is 1.47 bits per heavy atom. The largest absolute Gasteiger partial charge is 0.414 e. The minimum absolute atomic E-state index is 0.0932. The lowest BCUT2D eigenvalue weighted by Crippen LogP contribution is -2.60. The molecule has 0 aromatic carbocycles. The molecule has 0 bridgehead atoms. The molecule has 3 saturated carbocycles.